The third-order valence-corrected chi connectivity index (χ3v) is 5.78. The first-order chi connectivity index (χ1) is 9.83. The minimum atomic E-state index is -3.73. The first-order valence-corrected chi connectivity index (χ1v) is 7.90. The van der Waals surface area contributed by atoms with Crippen molar-refractivity contribution >= 4 is 16.0 Å². The van der Waals surface area contributed by atoms with Crippen LogP contribution in [-0.2, 0) is 14.8 Å². The van der Waals surface area contributed by atoms with E-state index in [0.717, 1.165) is 0 Å². The number of fused-ring (bicyclic) bond motifs is 1. The highest BCUT2D eigenvalue weighted by atomic mass is 32.2. The quantitative estimate of drug-likeness (QED) is 0.891. The zero-order valence-electron chi connectivity index (χ0n) is 11.4. The zero-order valence-corrected chi connectivity index (χ0v) is 12.2. The van der Waals surface area contributed by atoms with Crippen LogP contribution in [0.4, 0.5) is 0 Å². The number of hydrogen-bond donors (Lipinski definition) is 1. The molecule has 0 aromatic heterocycles. The van der Waals surface area contributed by atoms with Gasteiger partial charge in [-0.1, -0.05) is 0 Å². The van der Waals surface area contributed by atoms with Crippen LogP contribution in [0.2, 0.25) is 0 Å². The molecular weight excluding hydrogens is 298 g/mol. The molecule has 0 spiro atoms. The standard InChI is InChI=1S/C13H15NO6S/c1-13(12(15)16)4-5-14(7-13)21(17,18)9-2-3-10-11(6-9)20-8-19-10/h2-3,6H,4-5,7-8H2,1H3,(H,15,16). The van der Waals surface area contributed by atoms with Crippen LogP contribution in [0.3, 0.4) is 0 Å². The van der Waals surface area contributed by atoms with E-state index in [1.165, 1.54) is 16.4 Å². The predicted octanol–water partition coefficient (Wildman–Crippen LogP) is 0.901. The van der Waals surface area contributed by atoms with E-state index in [4.69, 9.17) is 9.47 Å². The molecule has 2 aliphatic heterocycles. The zero-order chi connectivity index (χ0) is 15.3. The summed E-state index contributed by atoms with van der Waals surface area (Å²) < 4.78 is 36.7. The SMILES string of the molecule is CC1(C(=O)O)CCN(S(=O)(=O)c2ccc3c(c2)OCO3)C1. The number of carbonyl (C=O) groups is 1. The highest BCUT2D eigenvalue weighted by Crippen LogP contribution is 2.37. The third-order valence-electron chi connectivity index (χ3n) is 3.94. The molecule has 1 aromatic rings. The number of rotatable bonds is 3. The summed E-state index contributed by atoms with van der Waals surface area (Å²) in [5, 5.41) is 9.20. The van der Waals surface area contributed by atoms with Crippen molar-refractivity contribution in [2.45, 2.75) is 18.2 Å². The maximum absolute atomic E-state index is 12.6. The lowest BCUT2D eigenvalue weighted by Crippen LogP contribution is -2.34. The normalized spacial score (nSPS) is 25.2. The molecule has 7 nitrogen and oxygen atoms in total. The molecule has 2 heterocycles. The van der Waals surface area contributed by atoms with E-state index in [1.54, 1.807) is 13.0 Å². The minimum Gasteiger partial charge on any atom is -0.481 e. The second-order valence-corrected chi connectivity index (χ2v) is 7.41. The average molecular weight is 313 g/mol. The van der Waals surface area contributed by atoms with Crippen molar-refractivity contribution in [3.8, 4) is 11.5 Å². The number of benzene rings is 1. The Labute approximate surface area is 122 Å². The number of nitrogens with zero attached hydrogens (tertiary/aromatic N) is 1. The maximum atomic E-state index is 12.6. The van der Waals surface area contributed by atoms with Crippen LogP contribution in [-0.4, -0.2) is 43.7 Å². The van der Waals surface area contributed by atoms with Crippen LogP contribution in [0, 0.1) is 5.41 Å². The summed E-state index contributed by atoms with van der Waals surface area (Å²) in [6.45, 7) is 1.79. The Morgan fingerprint density at radius 3 is 2.71 bits per heavy atom. The van der Waals surface area contributed by atoms with Crippen molar-refractivity contribution in [2.75, 3.05) is 19.9 Å². The van der Waals surface area contributed by atoms with Crippen molar-refractivity contribution in [1.82, 2.24) is 4.31 Å². The molecule has 0 saturated carbocycles. The second-order valence-electron chi connectivity index (χ2n) is 5.47. The largest absolute Gasteiger partial charge is 0.481 e. The van der Waals surface area contributed by atoms with Gasteiger partial charge in [0.15, 0.2) is 11.5 Å². The Morgan fingerprint density at radius 1 is 1.33 bits per heavy atom. The topological polar surface area (TPSA) is 93.1 Å². The lowest BCUT2D eigenvalue weighted by atomic mass is 9.90. The summed E-state index contributed by atoms with van der Waals surface area (Å²) in [4.78, 5) is 11.3. The van der Waals surface area contributed by atoms with Crippen LogP contribution in [0.15, 0.2) is 23.1 Å². The molecule has 1 aromatic carbocycles. The van der Waals surface area contributed by atoms with Gasteiger partial charge >= 0.3 is 5.97 Å². The summed E-state index contributed by atoms with van der Waals surface area (Å²) in [5.41, 5.74) is -1.04. The van der Waals surface area contributed by atoms with Crippen molar-refractivity contribution in [3.05, 3.63) is 18.2 Å². The van der Waals surface area contributed by atoms with Crippen LogP contribution in [0.25, 0.3) is 0 Å². The van der Waals surface area contributed by atoms with E-state index >= 15 is 0 Å². The molecule has 1 fully saturated rings. The van der Waals surface area contributed by atoms with Crippen molar-refractivity contribution in [2.24, 2.45) is 5.41 Å². The fourth-order valence-electron chi connectivity index (χ4n) is 2.48. The van der Waals surface area contributed by atoms with Gasteiger partial charge in [0.2, 0.25) is 16.8 Å². The number of carboxylic acids is 1. The molecule has 21 heavy (non-hydrogen) atoms. The van der Waals surface area contributed by atoms with Gasteiger partial charge in [-0.25, -0.2) is 8.42 Å². The minimum absolute atomic E-state index is 0.0287. The highest BCUT2D eigenvalue weighted by Gasteiger charge is 2.45. The summed E-state index contributed by atoms with van der Waals surface area (Å²) in [5.74, 6) is -0.0899. The summed E-state index contributed by atoms with van der Waals surface area (Å²) in [6.07, 6.45) is 0.298. The van der Waals surface area contributed by atoms with Gasteiger partial charge in [-0.2, -0.15) is 4.31 Å². The molecule has 0 radical (unpaired) electrons. The fraction of sp³-hybridized carbons (Fsp3) is 0.462. The van der Waals surface area contributed by atoms with E-state index in [1.807, 2.05) is 0 Å². The number of aliphatic carboxylic acids is 1. The average Bonchev–Trinajstić information content (AvgIpc) is 3.05. The van der Waals surface area contributed by atoms with Gasteiger partial charge in [0, 0.05) is 19.2 Å². The van der Waals surface area contributed by atoms with E-state index in [9.17, 15) is 18.3 Å². The van der Waals surface area contributed by atoms with Gasteiger partial charge in [0.25, 0.3) is 0 Å². The predicted molar refractivity (Wildman–Crippen MR) is 71.7 cm³/mol. The molecule has 114 valence electrons. The van der Waals surface area contributed by atoms with Gasteiger partial charge in [0.1, 0.15) is 0 Å². The molecule has 0 bridgehead atoms. The molecule has 1 atom stereocenters. The molecule has 3 rings (SSSR count). The van der Waals surface area contributed by atoms with Gasteiger partial charge in [-0.3, -0.25) is 4.79 Å². The van der Waals surface area contributed by atoms with Crippen LogP contribution in [0.1, 0.15) is 13.3 Å². The maximum Gasteiger partial charge on any atom is 0.310 e. The fourth-order valence-corrected chi connectivity index (χ4v) is 4.07. The van der Waals surface area contributed by atoms with E-state index in [0.29, 0.717) is 17.9 Å². The monoisotopic (exact) mass is 313 g/mol. The van der Waals surface area contributed by atoms with Gasteiger partial charge < -0.3 is 14.6 Å². The van der Waals surface area contributed by atoms with Gasteiger partial charge in [-0.15, -0.1) is 0 Å². The van der Waals surface area contributed by atoms with Crippen molar-refractivity contribution in [1.29, 1.82) is 0 Å². The Kier molecular flexibility index (Phi) is 3.10. The smallest absolute Gasteiger partial charge is 0.310 e. The molecule has 8 heteroatoms. The molecule has 2 aliphatic rings. The lowest BCUT2D eigenvalue weighted by molar-refractivity contribution is -0.146. The molecule has 0 amide bonds. The Hall–Kier alpha value is -1.80. The number of sulfonamides is 1. The van der Waals surface area contributed by atoms with Crippen LogP contribution in [0.5, 0.6) is 11.5 Å². The molecule has 1 saturated heterocycles. The first-order valence-electron chi connectivity index (χ1n) is 6.46. The Balaban J connectivity index is 1.90. The van der Waals surface area contributed by atoms with Crippen LogP contribution < -0.4 is 9.47 Å². The molecule has 1 unspecified atom stereocenters. The van der Waals surface area contributed by atoms with E-state index in [2.05, 4.69) is 0 Å². The Morgan fingerprint density at radius 2 is 2.05 bits per heavy atom. The second kappa shape index (κ2) is 4.60. The van der Waals surface area contributed by atoms with Gasteiger partial charge in [0.05, 0.1) is 10.3 Å². The third kappa shape index (κ3) is 2.24. The van der Waals surface area contributed by atoms with Gasteiger partial charge in [-0.05, 0) is 25.5 Å². The molecule has 1 N–H and O–H groups in total. The van der Waals surface area contributed by atoms with E-state index < -0.39 is 21.4 Å². The molecular formula is C13H15NO6S. The first kappa shape index (κ1) is 14.2. The Bertz CT molecular complexity index is 701. The van der Waals surface area contributed by atoms with Crippen molar-refractivity contribution in [3.63, 3.8) is 0 Å². The van der Waals surface area contributed by atoms with Crippen molar-refractivity contribution < 1.29 is 27.8 Å². The van der Waals surface area contributed by atoms with E-state index in [-0.39, 0.29) is 24.8 Å². The molecule has 0 aliphatic carbocycles. The summed E-state index contributed by atoms with van der Waals surface area (Å²) in [7, 11) is -3.73. The number of ether oxygens (including phenoxy) is 2. The van der Waals surface area contributed by atoms with Crippen LogP contribution >= 0.6 is 0 Å². The summed E-state index contributed by atoms with van der Waals surface area (Å²) in [6, 6.07) is 4.40. The lowest BCUT2D eigenvalue weighted by Gasteiger charge is -2.20. The number of hydrogen-bond acceptors (Lipinski definition) is 5. The number of carboxylic acid groups (broad SMARTS) is 1. The highest BCUT2D eigenvalue weighted by molar-refractivity contribution is 7.89. The summed E-state index contributed by atoms with van der Waals surface area (Å²) >= 11 is 0.